The monoisotopic (exact) mass is 208 g/mol. The van der Waals surface area contributed by atoms with Gasteiger partial charge in [-0.15, -0.1) is 11.8 Å². The summed E-state index contributed by atoms with van der Waals surface area (Å²) in [4.78, 5) is 11.2. The molecule has 1 aliphatic heterocycles. The zero-order chi connectivity index (χ0) is 9.97. The Morgan fingerprint density at radius 1 is 1.43 bits per heavy atom. The number of aliphatic hydroxyl groups is 1. The van der Waals surface area contributed by atoms with Gasteiger partial charge in [0.05, 0.1) is 5.76 Å². The van der Waals surface area contributed by atoms with Crippen LogP contribution in [0.1, 0.15) is 12.8 Å². The fourth-order valence-electron chi connectivity index (χ4n) is 1.80. The smallest absolute Gasteiger partial charge is 0.159 e. The van der Waals surface area contributed by atoms with E-state index in [-0.39, 0.29) is 17.5 Å². The second-order valence-corrected chi connectivity index (χ2v) is 4.48. The first-order chi connectivity index (χ1) is 6.75. The van der Waals surface area contributed by atoms with Gasteiger partial charge in [-0.25, -0.2) is 0 Å². The lowest BCUT2D eigenvalue weighted by Crippen LogP contribution is -2.17. The molecule has 1 N–H and O–H groups in total. The quantitative estimate of drug-likeness (QED) is 0.719. The second kappa shape index (κ2) is 4.05. The number of carbonyl (C=O) groups is 1. The number of rotatable bonds is 1. The summed E-state index contributed by atoms with van der Waals surface area (Å²) < 4.78 is 0. The molecular formula is C11H12O2S. The number of allylic oxidation sites excluding steroid dienone is 4. The Bertz CT molecular complexity index is 339. The second-order valence-electron chi connectivity index (χ2n) is 3.59. The number of thioether (sulfide) groups is 1. The van der Waals surface area contributed by atoms with Crippen molar-refractivity contribution in [2.75, 3.05) is 5.75 Å². The number of hydrogen-bond donors (Lipinski definition) is 1. The van der Waals surface area contributed by atoms with E-state index in [4.69, 9.17) is 0 Å². The van der Waals surface area contributed by atoms with Crippen molar-refractivity contribution >= 4 is 17.5 Å². The lowest BCUT2D eigenvalue weighted by molar-refractivity contribution is -0.115. The van der Waals surface area contributed by atoms with Gasteiger partial charge in [0.2, 0.25) is 0 Å². The zero-order valence-corrected chi connectivity index (χ0v) is 8.59. The van der Waals surface area contributed by atoms with E-state index in [2.05, 4.69) is 6.08 Å². The Labute approximate surface area is 87.4 Å². The van der Waals surface area contributed by atoms with Gasteiger partial charge in [-0.05, 0) is 11.3 Å². The van der Waals surface area contributed by atoms with Gasteiger partial charge in [-0.2, -0.15) is 0 Å². The standard InChI is InChI=1S/C11H12O2S/c12-10-4-9(5-11(13)6-10)8-2-1-3-14-7-8/h1-3,6,9,12H,4-5,7H2. The number of hydrogen-bond acceptors (Lipinski definition) is 3. The van der Waals surface area contributed by atoms with E-state index >= 15 is 0 Å². The van der Waals surface area contributed by atoms with Crippen LogP contribution >= 0.6 is 11.8 Å². The Morgan fingerprint density at radius 3 is 2.93 bits per heavy atom. The minimum Gasteiger partial charge on any atom is -0.512 e. The fourth-order valence-corrected chi connectivity index (χ4v) is 2.61. The number of carbonyl (C=O) groups excluding carboxylic acids is 1. The molecule has 1 unspecified atom stereocenters. The fraction of sp³-hybridized carbons (Fsp3) is 0.364. The van der Waals surface area contributed by atoms with E-state index in [0.29, 0.717) is 12.8 Å². The molecule has 3 heteroatoms. The summed E-state index contributed by atoms with van der Waals surface area (Å²) in [6, 6.07) is 0. The van der Waals surface area contributed by atoms with Crippen molar-refractivity contribution in [2.24, 2.45) is 5.92 Å². The van der Waals surface area contributed by atoms with Crippen LogP contribution in [0.4, 0.5) is 0 Å². The molecule has 0 bridgehead atoms. The van der Waals surface area contributed by atoms with Gasteiger partial charge in [0.25, 0.3) is 0 Å². The van der Waals surface area contributed by atoms with Crippen molar-refractivity contribution in [3.05, 3.63) is 35.0 Å². The van der Waals surface area contributed by atoms with E-state index in [0.717, 1.165) is 5.75 Å². The molecule has 2 nitrogen and oxygen atoms in total. The molecule has 2 rings (SSSR count). The summed E-state index contributed by atoms with van der Waals surface area (Å²) >= 11 is 1.74. The largest absolute Gasteiger partial charge is 0.512 e. The summed E-state index contributed by atoms with van der Waals surface area (Å²) in [7, 11) is 0. The molecule has 0 fully saturated rings. The maximum absolute atomic E-state index is 11.2. The van der Waals surface area contributed by atoms with Gasteiger partial charge < -0.3 is 5.11 Å². The molecule has 1 heterocycles. The Morgan fingerprint density at radius 2 is 2.29 bits per heavy atom. The lowest BCUT2D eigenvalue weighted by atomic mass is 9.86. The van der Waals surface area contributed by atoms with Gasteiger partial charge in [0, 0.05) is 24.7 Å². The molecule has 1 atom stereocenters. The van der Waals surface area contributed by atoms with Gasteiger partial charge >= 0.3 is 0 Å². The van der Waals surface area contributed by atoms with E-state index < -0.39 is 0 Å². The molecular weight excluding hydrogens is 196 g/mol. The normalized spacial score (nSPS) is 27.1. The highest BCUT2D eigenvalue weighted by Gasteiger charge is 2.23. The van der Waals surface area contributed by atoms with Crippen LogP contribution < -0.4 is 0 Å². The Hall–Kier alpha value is -0.960. The van der Waals surface area contributed by atoms with Crippen LogP contribution in [-0.2, 0) is 4.79 Å². The predicted octanol–water partition coefficient (Wildman–Crippen LogP) is 2.59. The minimum absolute atomic E-state index is 0.0409. The third-order valence-corrected chi connectivity index (χ3v) is 3.34. The summed E-state index contributed by atoms with van der Waals surface area (Å²) in [5.74, 6) is 1.43. The van der Waals surface area contributed by atoms with Crippen molar-refractivity contribution in [2.45, 2.75) is 12.8 Å². The SMILES string of the molecule is O=C1C=C(O)CC(C2=CC=CSC2)C1. The van der Waals surface area contributed by atoms with Crippen LogP contribution in [0.15, 0.2) is 35.0 Å². The van der Waals surface area contributed by atoms with Crippen LogP contribution in [0.2, 0.25) is 0 Å². The molecule has 1 aliphatic carbocycles. The van der Waals surface area contributed by atoms with Crippen LogP contribution in [0.5, 0.6) is 0 Å². The highest BCUT2D eigenvalue weighted by molar-refractivity contribution is 8.02. The maximum atomic E-state index is 11.2. The summed E-state index contributed by atoms with van der Waals surface area (Å²) in [6.07, 6.45) is 6.58. The van der Waals surface area contributed by atoms with Crippen LogP contribution in [0.25, 0.3) is 0 Å². The molecule has 0 amide bonds. The minimum atomic E-state index is 0.0409. The molecule has 0 spiro atoms. The molecule has 0 saturated carbocycles. The van der Waals surface area contributed by atoms with Crippen LogP contribution in [0.3, 0.4) is 0 Å². The first-order valence-corrected chi connectivity index (χ1v) is 5.70. The van der Waals surface area contributed by atoms with Crippen molar-refractivity contribution in [1.82, 2.24) is 0 Å². The van der Waals surface area contributed by atoms with Gasteiger partial charge in [0.1, 0.15) is 0 Å². The first-order valence-electron chi connectivity index (χ1n) is 4.65. The number of ketones is 1. The lowest BCUT2D eigenvalue weighted by Gasteiger charge is -2.22. The van der Waals surface area contributed by atoms with Crippen LogP contribution in [0, 0.1) is 5.92 Å². The molecule has 0 radical (unpaired) electrons. The highest BCUT2D eigenvalue weighted by Crippen LogP contribution is 2.31. The van der Waals surface area contributed by atoms with E-state index in [1.165, 1.54) is 11.6 Å². The summed E-state index contributed by atoms with van der Waals surface area (Å²) in [6.45, 7) is 0. The summed E-state index contributed by atoms with van der Waals surface area (Å²) in [5.41, 5.74) is 1.27. The van der Waals surface area contributed by atoms with Crippen molar-refractivity contribution in [3.8, 4) is 0 Å². The molecule has 0 aromatic carbocycles. The highest BCUT2D eigenvalue weighted by atomic mass is 32.2. The predicted molar refractivity (Wildman–Crippen MR) is 58.1 cm³/mol. The molecule has 0 saturated heterocycles. The van der Waals surface area contributed by atoms with Gasteiger partial charge in [-0.3, -0.25) is 4.79 Å². The molecule has 0 aromatic heterocycles. The first kappa shape index (κ1) is 9.59. The summed E-state index contributed by atoms with van der Waals surface area (Å²) in [5, 5.41) is 11.4. The third kappa shape index (κ3) is 2.10. The average Bonchev–Trinajstić information content (AvgIpc) is 2.18. The average molecular weight is 208 g/mol. The number of aliphatic hydroxyl groups excluding tert-OH is 1. The Kier molecular flexibility index (Phi) is 2.77. The third-order valence-electron chi connectivity index (χ3n) is 2.49. The van der Waals surface area contributed by atoms with Crippen molar-refractivity contribution in [1.29, 1.82) is 0 Å². The van der Waals surface area contributed by atoms with Crippen LogP contribution in [-0.4, -0.2) is 16.6 Å². The molecule has 74 valence electrons. The molecule has 14 heavy (non-hydrogen) atoms. The van der Waals surface area contributed by atoms with Crippen molar-refractivity contribution in [3.63, 3.8) is 0 Å². The van der Waals surface area contributed by atoms with Gasteiger partial charge in [0.15, 0.2) is 5.78 Å². The molecule has 2 aliphatic rings. The Balaban J connectivity index is 2.13. The van der Waals surface area contributed by atoms with E-state index in [9.17, 15) is 9.90 Å². The molecule has 0 aromatic rings. The maximum Gasteiger partial charge on any atom is 0.159 e. The van der Waals surface area contributed by atoms with Gasteiger partial charge in [-0.1, -0.05) is 17.7 Å². The topological polar surface area (TPSA) is 37.3 Å². The zero-order valence-electron chi connectivity index (χ0n) is 7.77. The van der Waals surface area contributed by atoms with E-state index in [1.54, 1.807) is 11.8 Å². The van der Waals surface area contributed by atoms with Crippen molar-refractivity contribution < 1.29 is 9.90 Å². The van der Waals surface area contributed by atoms with E-state index in [1.807, 2.05) is 11.5 Å².